The van der Waals surface area contributed by atoms with Gasteiger partial charge in [0.1, 0.15) is 5.92 Å². The van der Waals surface area contributed by atoms with Crippen LogP contribution in [0, 0.1) is 11.1 Å². The number of amides is 1. The van der Waals surface area contributed by atoms with Crippen LogP contribution in [0.15, 0.2) is 60.7 Å². The van der Waals surface area contributed by atoms with Crippen molar-refractivity contribution in [3.63, 3.8) is 0 Å². The first-order chi connectivity index (χ1) is 10.1. The van der Waals surface area contributed by atoms with E-state index in [4.69, 9.17) is 5.73 Å². The predicted octanol–water partition coefficient (Wildman–Crippen LogP) is 2.11. The van der Waals surface area contributed by atoms with Gasteiger partial charge in [-0.15, -0.1) is 0 Å². The van der Waals surface area contributed by atoms with Gasteiger partial charge in [0.2, 0.25) is 5.91 Å². The lowest BCUT2D eigenvalue weighted by atomic mass is 10.00. The number of hydroxylamine groups is 1. The van der Waals surface area contributed by atoms with Crippen molar-refractivity contribution in [2.45, 2.75) is 13.0 Å². The normalized spacial score (nSPS) is 12.9. The standard InChI is InChI=1S/C17H18N2O2/c18-17(20)16(11-14-7-3-1-4-8-14)13-19(21)12-15-9-5-2-6-10-15/h1-10,13,16H,11-12H2,(H2,18,20)/b19-13-. The Morgan fingerprint density at radius 2 is 1.57 bits per heavy atom. The van der Waals surface area contributed by atoms with E-state index >= 15 is 0 Å². The summed E-state index contributed by atoms with van der Waals surface area (Å²) in [6.07, 6.45) is 1.80. The minimum Gasteiger partial charge on any atom is -0.624 e. The maximum Gasteiger partial charge on any atom is 0.230 e. The van der Waals surface area contributed by atoms with Crippen LogP contribution in [0.5, 0.6) is 0 Å². The third-order valence-electron chi connectivity index (χ3n) is 3.19. The highest BCUT2D eigenvalue weighted by atomic mass is 16.5. The second kappa shape index (κ2) is 7.24. The van der Waals surface area contributed by atoms with Gasteiger partial charge in [-0.3, -0.25) is 4.79 Å². The summed E-state index contributed by atoms with van der Waals surface area (Å²) in [6, 6.07) is 18.9. The Balaban J connectivity index is 2.08. The molecule has 0 bridgehead atoms. The molecule has 0 saturated heterocycles. The molecule has 1 unspecified atom stereocenters. The number of nitrogens with zero attached hydrogens (tertiary/aromatic N) is 1. The quantitative estimate of drug-likeness (QED) is 0.381. The van der Waals surface area contributed by atoms with Crippen LogP contribution in [0.4, 0.5) is 0 Å². The molecule has 2 aromatic rings. The van der Waals surface area contributed by atoms with Crippen molar-refractivity contribution < 1.29 is 9.53 Å². The van der Waals surface area contributed by atoms with Crippen molar-refractivity contribution in [2.24, 2.45) is 11.7 Å². The van der Waals surface area contributed by atoms with Gasteiger partial charge in [0, 0.05) is 5.56 Å². The van der Waals surface area contributed by atoms with E-state index in [2.05, 4.69) is 0 Å². The molecular formula is C17H18N2O2. The van der Waals surface area contributed by atoms with Gasteiger partial charge in [-0.1, -0.05) is 60.7 Å². The SMILES string of the molecule is NC(=O)C(/C=[N+](\[O-])Cc1ccccc1)Cc1ccccc1. The Morgan fingerprint density at radius 1 is 1.05 bits per heavy atom. The van der Waals surface area contributed by atoms with Crippen LogP contribution in [-0.4, -0.2) is 16.9 Å². The third kappa shape index (κ3) is 4.76. The Hall–Kier alpha value is -2.62. The number of nitrogens with two attached hydrogens (primary N) is 1. The highest BCUT2D eigenvalue weighted by Gasteiger charge is 2.17. The molecular weight excluding hydrogens is 264 g/mol. The average molecular weight is 282 g/mol. The minimum absolute atomic E-state index is 0.208. The molecule has 108 valence electrons. The summed E-state index contributed by atoms with van der Waals surface area (Å²) in [4.78, 5) is 11.5. The number of carbonyl (C=O) groups excluding carboxylic acids is 1. The Morgan fingerprint density at radius 3 is 2.10 bits per heavy atom. The lowest BCUT2D eigenvalue weighted by molar-refractivity contribution is -0.472. The fourth-order valence-corrected chi connectivity index (χ4v) is 2.11. The molecule has 0 radical (unpaired) electrons. The van der Waals surface area contributed by atoms with Gasteiger partial charge in [-0.2, -0.15) is 0 Å². The lowest BCUT2D eigenvalue weighted by Gasteiger charge is -2.10. The van der Waals surface area contributed by atoms with Gasteiger partial charge in [0.15, 0.2) is 12.8 Å². The van der Waals surface area contributed by atoms with E-state index in [1.54, 1.807) is 0 Å². The van der Waals surface area contributed by atoms with Crippen LogP contribution in [0.2, 0.25) is 0 Å². The summed E-state index contributed by atoms with van der Waals surface area (Å²) >= 11 is 0. The number of benzene rings is 2. The molecule has 2 N–H and O–H groups in total. The van der Waals surface area contributed by atoms with Crippen molar-refractivity contribution in [2.75, 3.05) is 0 Å². The number of carbonyl (C=O) groups is 1. The van der Waals surface area contributed by atoms with Gasteiger partial charge < -0.3 is 10.9 Å². The Kier molecular flexibility index (Phi) is 5.10. The topological polar surface area (TPSA) is 69.2 Å². The van der Waals surface area contributed by atoms with Crippen molar-refractivity contribution in [1.82, 2.24) is 0 Å². The Labute approximate surface area is 124 Å². The monoisotopic (exact) mass is 282 g/mol. The molecule has 4 nitrogen and oxygen atoms in total. The van der Waals surface area contributed by atoms with Crippen molar-refractivity contribution in [3.05, 3.63) is 77.0 Å². The molecule has 21 heavy (non-hydrogen) atoms. The molecule has 0 aliphatic carbocycles. The molecule has 0 spiro atoms. The highest BCUT2D eigenvalue weighted by molar-refractivity contribution is 5.91. The maximum atomic E-state index is 12.0. The zero-order valence-corrected chi connectivity index (χ0v) is 11.7. The van der Waals surface area contributed by atoms with Crippen LogP contribution in [0.25, 0.3) is 0 Å². The minimum atomic E-state index is -0.603. The molecule has 0 aliphatic heterocycles. The third-order valence-corrected chi connectivity index (χ3v) is 3.19. The largest absolute Gasteiger partial charge is 0.624 e. The van der Waals surface area contributed by atoms with Gasteiger partial charge in [-0.25, -0.2) is 4.74 Å². The van der Waals surface area contributed by atoms with E-state index in [-0.39, 0.29) is 6.54 Å². The predicted molar refractivity (Wildman–Crippen MR) is 82.7 cm³/mol. The molecule has 1 amide bonds. The van der Waals surface area contributed by atoms with E-state index in [1.807, 2.05) is 60.7 Å². The van der Waals surface area contributed by atoms with Crippen LogP contribution < -0.4 is 5.73 Å². The van der Waals surface area contributed by atoms with Crippen molar-refractivity contribution in [1.29, 1.82) is 0 Å². The van der Waals surface area contributed by atoms with Gasteiger partial charge >= 0.3 is 0 Å². The van der Waals surface area contributed by atoms with Crippen LogP contribution in [0.3, 0.4) is 0 Å². The molecule has 0 aliphatic rings. The van der Waals surface area contributed by atoms with Crippen LogP contribution >= 0.6 is 0 Å². The molecule has 0 aromatic heterocycles. The number of rotatable bonds is 6. The molecule has 0 saturated carbocycles. The van der Waals surface area contributed by atoms with E-state index in [0.29, 0.717) is 6.42 Å². The lowest BCUT2D eigenvalue weighted by Crippen LogP contribution is -2.29. The highest BCUT2D eigenvalue weighted by Crippen LogP contribution is 2.07. The van der Waals surface area contributed by atoms with E-state index in [9.17, 15) is 10.0 Å². The molecule has 4 heteroatoms. The van der Waals surface area contributed by atoms with Gasteiger partial charge in [0.25, 0.3) is 0 Å². The van der Waals surface area contributed by atoms with Crippen LogP contribution in [-0.2, 0) is 17.8 Å². The maximum absolute atomic E-state index is 12.0. The van der Waals surface area contributed by atoms with Crippen LogP contribution in [0.1, 0.15) is 11.1 Å². The van der Waals surface area contributed by atoms with E-state index in [1.165, 1.54) is 6.21 Å². The molecule has 0 heterocycles. The average Bonchev–Trinajstić information content (AvgIpc) is 2.48. The summed E-state index contributed by atoms with van der Waals surface area (Å²) in [6.45, 7) is 0.208. The van der Waals surface area contributed by atoms with Gasteiger partial charge in [0.05, 0.1) is 0 Å². The van der Waals surface area contributed by atoms with Gasteiger partial charge in [-0.05, 0) is 12.0 Å². The summed E-state index contributed by atoms with van der Waals surface area (Å²) in [5.74, 6) is -1.10. The zero-order valence-electron chi connectivity index (χ0n) is 11.7. The zero-order chi connectivity index (χ0) is 15.1. The van der Waals surface area contributed by atoms with Crippen molar-refractivity contribution >= 4 is 12.1 Å². The summed E-state index contributed by atoms with van der Waals surface area (Å²) in [5.41, 5.74) is 7.26. The Bertz CT molecular complexity index is 609. The first-order valence-electron chi connectivity index (χ1n) is 6.81. The van der Waals surface area contributed by atoms with Crippen molar-refractivity contribution in [3.8, 4) is 0 Å². The summed E-state index contributed by atoms with van der Waals surface area (Å²) in [7, 11) is 0. The number of primary amides is 1. The second-order valence-electron chi connectivity index (χ2n) is 4.91. The number of hydrogen-bond acceptors (Lipinski definition) is 2. The second-order valence-corrected chi connectivity index (χ2v) is 4.91. The smallest absolute Gasteiger partial charge is 0.230 e. The van der Waals surface area contributed by atoms with E-state index in [0.717, 1.165) is 15.9 Å². The molecule has 0 fully saturated rings. The summed E-state index contributed by atoms with van der Waals surface area (Å²) < 4.78 is 0.772. The molecule has 1 atom stereocenters. The fourth-order valence-electron chi connectivity index (χ4n) is 2.11. The first-order valence-corrected chi connectivity index (χ1v) is 6.81. The fraction of sp³-hybridized carbons (Fsp3) is 0.176. The summed E-state index contributed by atoms with van der Waals surface area (Å²) in [5, 5.41) is 12.0. The number of hydrogen-bond donors (Lipinski definition) is 1. The molecule has 2 rings (SSSR count). The van der Waals surface area contributed by atoms with E-state index < -0.39 is 11.8 Å². The first kappa shape index (κ1) is 14.8. The molecule has 2 aromatic carbocycles.